The fourth-order valence-corrected chi connectivity index (χ4v) is 3.25. The first-order valence-corrected chi connectivity index (χ1v) is 9.15. The van der Waals surface area contributed by atoms with Crippen molar-refractivity contribution in [3.63, 3.8) is 0 Å². The normalized spacial score (nSPS) is 15.2. The molecule has 0 atom stereocenters. The van der Waals surface area contributed by atoms with Crippen LogP contribution in [0.1, 0.15) is 37.7 Å². The van der Waals surface area contributed by atoms with Gasteiger partial charge in [0.15, 0.2) is 0 Å². The average molecular weight is 324 g/mol. The minimum absolute atomic E-state index is 0.597. The van der Waals surface area contributed by atoms with Crippen LogP contribution in [0.25, 0.3) is 0 Å². The summed E-state index contributed by atoms with van der Waals surface area (Å²) in [6.45, 7) is 2.51. The van der Waals surface area contributed by atoms with Crippen molar-refractivity contribution in [2.75, 3.05) is 18.4 Å². The molecule has 1 aliphatic carbocycles. The molecular weight excluding hydrogens is 296 g/mol. The number of hydrogen-bond donors (Lipinski definition) is 2. The molecule has 0 amide bonds. The van der Waals surface area contributed by atoms with E-state index in [0.717, 1.165) is 24.5 Å². The molecule has 0 spiro atoms. The first-order chi connectivity index (χ1) is 11.9. The lowest BCUT2D eigenvalue weighted by molar-refractivity contribution is 0.307. The molecule has 2 aromatic carbocycles. The van der Waals surface area contributed by atoms with E-state index in [-0.39, 0.29) is 0 Å². The number of rotatable bonds is 8. The summed E-state index contributed by atoms with van der Waals surface area (Å²) in [6, 6.07) is 19.2. The van der Waals surface area contributed by atoms with Crippen molar-refractivity contribution in [3.05, 3.63) is 60.2 Å². The van der Waals surface area contributed by atoms with Crippen LogP contribution in [0.5, 0.6) is 5.75 Å². The Balaban J connectivity index is 1.45. The Hall–Kier alpha value is -2.00. The number of para-hydroxylation sites is 2. The van der Waals surface area contributed by atoms with Crippen molar-refractivity contribution < 1.29 is 4.74 Å². The lowest BCUT2D eigenvalue weighted by Gasteiger charge is -2.23. The van der Waals surface area contributed by atoms with Gasteiger partial charge in [0.25, 0.3) is 0 Å². The van der Waals surface area contributed by atoms with Gasteiger partial charge in [0.05, 0.1) is 5.69 Å². The third-order valence-electron chi connectivity index (χ3n) is 4.60. The van der Waals surface area contributed by atoms with Crippen molar-refractivity contribution in [2.24, 2.45) is 0 Å². The Labute approximate surface area is 145 Å². The van der Waals surface area contributed by atoms with E-state index in [1.54, 1.807) is 0 Å². The lowest BCUT2D eigenvalue weighted by Crippen LogP contribution is -2.34. The van der Waals surface area contributed by atoms with E-state index < -0.39 is 0 Å². The molecule has 24 heavy (non-hydrogen) atoms. The lowest BCUT2D eigenvalue weighted by atomic mass is 9.95. The van der Waals surface area contributed by atoms with Gasteiger partial charge < -0.3 is 15.4 Å². The molecule has 0 heterocycles. The van der Waals surface area contributed by atoms with Gasteiger partial charge in [0.1, 0.15) is 12.4 Å². The van der Waals surface area contributed by atoms with Gasteiger partial charge in [-0.25, -0.2) is 0 Å². The predicted octanol–water partition coefficient (Wildman–Crippen LogP) is 4.60. The fraction of sp³-hybridized carbons (Fsp3) is 0.429. The molecule has 1 saturated carbocycles. The summed E-state index contributed by atoms with van der Waals surface area (Å²) in [5.41, 5.74) is 2.25. The minimum Gasteiger partial charge on any atom is -0.487 e. The summed E-state index contributed by atoms with van der Waals surface area (Å²) in [5.74, 6) is 0.916. The minimum atomic E-state index is 0.597. The fourth-order valence-electron chi connectivity index (χ4n) is 3.25. The van der Waals surface area contributed by atoms with E-state index in [2.05, 4.69) is 28.8 Å². The van der Waals surface area contributed by atoms with E-state index in [0.29, 0.717) is 12.6 Å². The summed E-state index contributed by atoms with van der Waals surface area (Å²) >= 11 is 0. The third-order valence-corrected chi connectivity index (χ3v) is 4.60. The van der Waals surface area contributed by atoms with Crippen LogP contribution in [-0.4, -0.2) is 19.1 Å². The van der Waals surface area contributed by atoms with Crippen LogP contribution in [0.3, 0.4) is 0 Å². The van der Waals surface area contributed by atoms with Gasteiger partial charge >= 0.3 is 0 Å². The van der Waals surface area contributed by atoms with E-state index in [4.69, 9.17) is 4.74 Å². The van der Waals surface area contributed by atoms with Crippen LogP contribution in [0.15, 0.2) is 54.6 Å². The molecule has 0 radical (unpaired) electrons. The summed E-state index contributed by atoms with van der Waals surface area (Å²) in [7, 11) is 0. The van der Waals surface area contributed by atoms with E-state index in [1.165, 1.54) is 37.7 Å². The van der Waals surface area contributed by atoms with Crippen LogP contribution < -0.4 is 15.4 Å². The van der Waals surface area contributed by atoms with Gasteiger partial charge in [-0.2, -0.15) is 0 Å². The Bertz CT molecular complexity index is 594. The smallest absolute Gasteiger partial charge is 0.142 e. The Kier molecular flexibility index (Phi) is 6.55. The van der Waals surface area contributed by atoms with Crippen LogP contribution in [0.4, 0.5) is 5.69 Å². The maximum Gasteiger partial charge on any atom is 0.142 e. The molecule has 0 unspecified atom stereocenters. The number of anilines is 1. The molecule has 0 saturated heterocycles. The van der Waals surface area contributed by atoms with Crippen molar-refractivity contribution in [1.82, 2.24) is 5.32 Å². The largest absolute Gasteiger partial charge is 0.487 e. The number of hydrogen-bond acceptors (Lipinski definition) is 3. The molecule has 128 valence electrons. The second-order valence-electron chi connectivity index (χ2n) is 6.49. The highest BCUT2D eigenvalue weighted by molar-refractivity contribution is 5.56. The maximum absolute atomic E-state index is 5.99. The number of benzene rings is 2. The van der Waals surface area contributed by atoms with Gasteiger partial charge in [-0.15, -0.1) is 0 Å². The number of ether oxygens (including phenoxy) is 1. The van der Waals surface area contributed by atoms with Crippen LogP contribution in [-0.2, 0) is 6.61 Å². The quantitative estimate of drug-likeness (QED) is 0.696. The standard InChI is InChI=1S/C21H28N2O/c1-3-9-18(10-4-1)17-24-21-14-8-7-13-20(21)23-16-15-22-19-11-5-2-6-12-19/h1,3-4,7-10,13-14,19,22-23H,2,5-6,11-12,15-17H2. The third kappa shape index (κ3) is 5.27. The van der Waals surface area contributed by atoms with Crippen molar-refractivity contribution in [1.29, 1.82) is 0 Å². The molecule has 3 nitrogen and oxygen atoms in total. The van der Waals surface area contributed by atoms with Gasteiger partial charge in [0.2, 0.25) is 0 Å². The van der Waals surface area contributed by atoms with Crippen LogP contribution in [0, 0.1) is 0 Å². The van der Waals surface area contributed by atoms with Crippen molar-refractivity contribution in [2.45, 2.75) is 44.8 Å². The molecule has 1 aliphatic rings. The Morgan fingerprint density at radius 2 is 1.58 bits per heavy atom. The molecule has 0 aromatic heterocycles. The molecule has 2 N–H and O–H groups in total. The number of nitrogens with one attached hydrogen (secondary N) is 2. The average Bonchev–Trinajstić information content (AvgIpc) is 2.66. The topological polar surface area (TPSA) is 33.3 Å². The first kappa shape index (κ1) is 16.8. The molecular formula is C21H28N2O. The van der Waals surface area contributed by atoms with Crippen LogP contribution in [0.2, 0.25) is 0 Å². The summed E-state index contributed by atoms with van der Waals surface area (Å²) in [4.78, 5) is 0. The zero-order valence-corrected chi connectivity index (χ0v) is 14.3. The molecule has 0 aliphatic heterocycles. The van der Waals surface area contributed by atoms with Crippen molar-refractivity contribution in [3.8, 4) is 5.75 Å². The Morgan fingerprint density at radius 1 is 0.833 bits per heavy atom. The second-order valence-corrected chi connectivity index (χ2v) is 6.49. The van der Waals surface area contributed by atoms with Gasteiger partial charge in [-0.1, -0.05) is 61.7 Å². The zero-order valence-electron chi connectivity index (χ0n) is 14.3. The maximum atomic E-state index is 5.99. The summed E-state index contributed by atoms with van der Waals surface area (Å²) < 4.78 is 5.99. The second kappa shape index (κ2) is 9.33. The van der Waals surface area contributed by atoms with Gasteiger partial charge in [0, 0.05) is 19.1 Å². The monoisotopic (exact) mass is 324 g/mol. The first-order valence-electron chi connectivity index (χ1n) is 9.15. The van der Waals surface area contributed by atoms with E-state index >= 15 is 0 Å². The molecule has 1 fully saturated rings. The highest BCUT2D eigenvalue weighted by atomic mass is 16.5. The SMILES string of the molecule is c1ccc(COc2ccccc2NCCNC2CCCCC2)cc1. The molecule has 0 bridgehead atoms. The molecule has 2 aromatic rings. The van der Waals surface area contributed by atoms with Gasteiger partial charge in [-0.3, -0.25) is 0 Å². The highest BCUT2D eigenvalue weighted by Crippen LogP contribution is 2.24. The predicted molar refractivity (Wildman–Crippen MR) is 101 cm³/mol. The summed E-state index contributed by atoms with van der Waals surface area (Å²) in [5, 5.41) is 7.17. The zero-order chi connectivity index (χ0) is 16.5. The van der Waals surface area contributed by atoms with Crippen molar-refractivity contribution >= 4 is 5.69 Å². The summed E-state index contributed by atoms with van der Waals surface area (Å²) in [6.07, 6.45) is 6.82. The molecule has 3 rings (SSSR count). The highest BCUT2D eigenvalue weighted by Gasteiger charge is 2.11. The van der Waals surface area contributed by atoms with Crippen LogP contribution >= 0.6 is 0 Å². The van der Waals surface area contributed by atoms with E-state index in [9.17, 15) is 0 Å². The molecule has 3 heteroatoms. The van der Waals surface area contributed by atoms with E-state index in [1.807, 2.05) is 36.4 Å². The Morgan fingerprint density at radius 3 is 2.42 bits per heavy atom. The van der Waals surface area contributed by atoms with Gasteiger partial charge in [-0.05, 0) is 30.5 Å².